The molecule has 0 fully saturated rings. The molecule has 0 saturated heterocycles. The van der Waals surface area contributed by atoms with Gasteiger partial charge in [0.05, 0.1) is 6.42 Å². The number of hydrogen-bond acceptors (Lipinski definition) is 2. The molecule has 0 aliphatic rings. The van der Waals surface area contributed by atoms with Crippen LogP contribution in [0.3, 0.4) is 0 Å². The van der Waals surface area contributed by atoms with Gasteiger partial charge in [0.1, 0.15) is 0 Å². The Kier molecular flexibility index (Phi) is 3.51. The lowest BCUT2D eigenvalue weighted by Gasteiger charge is -2.14. The highest BCUT2D eigenvalue weighted by molar-refractivity contribution is 5.80. The number of nitrogens with two attached hydrogens (primary N) is 1. The first-order chi connectivity index (χ1) is 6.65. The molecule has 3 heteroatoms. The first-order valence-electron chi connectivity index (χ1n) is 4.72. The monoisotopic (exact) mass is 192 g/mol. The van der Waals surface area contributed by atoms with Crippen LogP contribution in [-0.4, -0.2) is 24.4 Å². The maximum absolute atomic E-state index is 11.6. The Morgan fingerprint density at radius 3 is 2.64 bits per heavy atom. The van der Waals surface area contributed by atoms with Crippen molar-refractivity contribution in [3.63, 3.8) is 0 Å². The predicted octanol–water partition coefficient (Wildman–Crippen LogP) is 1.29. The Labute approximate surface area is 84.5 Å². The Hall–Kier alpha value is -1.51. The smallest absolute Gasteiger partial charge is 0.226 e. The van der Waals surface area contributed by atoms with Gasteiger partial charge in [-0.1, -0.05) is 18.2 Å². The summed E-state index contributed by atoms with van der Waals surface area (Å²) < 4.78 is 0. The number of nitrogen functional groups attached to an aromatic ring is 1. The van der Waals surface area contributed by atoms with Crippen molar-refractivity contribution in [2.75, 3.05) is 19.3 Å². The number of amides is 1. The van der Waals surface area contributed by atoms with Crippen molar-refractivity contribution in [1.29, 1.82) is 0 Å². The highest BCUT2D eigenvalue weighted by Gasteiger charge is 2.08. The van der Waals surface area contributed by atoms with Crippen LogP contribution in [0.15, 0.2) is 24.3 Å². The van der Waals surface area contributed by atoms with E-state index in [4.69, 9.17) is 5.73 Å². The van der Waals surface area contributed by atoms with Crippen LogP contribution < -0.4 is 5.73 Å². The largest absolute Gasteiger partial charge is 0.398 e. The molecule has 0 atom stereocenters. The van der Waals surface area contributed by atoms with Gasteiger partial charge in [0.25, 0.3) is 0 Å². The molecular formula is C11H16N2O. The van der Waals surface area contributed by atoms with Gasteiger partial charge < -0.3 is 10.6 Å². The molecule has 1 rings (SSSR count). The third kappa shape index (κ3) is 2.49. The zero-order valence-electron chi connectivity index (χ0n) is 8.66. The number of rotatable bonds is 3. The molecule has 2 N–H and O–H groups in total. The quantitative estimate of drug-likeness (QED) is 0.733. The van der Waals surface area contributed by atoms with Gasteiger partial charge in [-0.3, -0.25) is 4.79 Å². The summed E-state index contributed by atoms with van der Waals surface area (Å²) in [5.41, 5.74) is 7.33. The molecule has 0 aromatic heterocycles. The molecule has 0 unspecified atom stereocenters. The van der Waals surface area contributed by atoms with Crippen LogP contribution in [-0.2, 0) is 11.2 Å². The average Bonchev–Trinajstić information content (AvgIpc) is 2.20. The SMILES string of the molecule is CCN(C)C(=O)Cc1ccccc1N. The lowest BCUT2D eigenvalue weighted by Crippen LogP contribution is -2.27. The van der Waals surface area contributed by atoms with Crippen molar-refractivity contribution in [3.8, 4) is 0 Å². The van der Waals surface area contributed by atoms with Crippen LogP contribution >= 0.6 is 0 Å². The Morgan fingerprint density at radius 2 is 2.07 bits per heavy atom. The lowest BCUT2D eigenvalue weighted by molar-refractivity contribution is -0.128. The van der Waals surface area contributed by atoms with E-state index in [1.165, 1.54) is 0 Å². The van der Waals surface area contributed by atoms with Gasteiger partial charge in [-0.25, -0.2) is 0 Å². The number of hydrogen-bond donors (Lipinski definition) is 1. The third-order valence-corrected chi connectivity index (χ3v) is 2.30. The molecule has 1 aromatic rings. The molecule has 0 aliphatic heterocycles. The van der Waals surface area contributed by atoms with Crippen LogP contribution in [0.5, 0.6) is 0 Å². The number of benzene rings is 1. The fourth-order valence-corrected chi connectivity index (χ4v) is 1.17. The van der Waals surface area contributed by atoms with Crippen LogP contribution in [0.25, 0.3) is 0 Å². The van der Waals surface area contributed by atoms with E-state index >= 15 is 0 Å². The lowest BCUT2D eigenvalue weighted by atomic mass is 10.1. The van der Waals surface area contributed by atoms with E-state index < -0.39 is 0 Å². The van der Waals surface area contributed by atoms with Crippen LogP contribution in [0, 0.1) is 0 Å². The van der Waals surface area contributed by atoms with E-state index in [9.17, 15) is 4.79 Å². The van der Waals surface area contributed by atoms with Crippen molar-refractivity contribution >= 4 is 11.6 Å². The number of anilines is 1. The van der Waals surface area contributed by atoms with E-state index in [1.54, 1.807) is 11.9 Å². The van der Waals surface area contributed by atoms with Crippen LogP contribution in [0.4, 0.5) is 5.69 Å². The highest BCUT2D eigenvalue weighted by atomic mass is 16.2. The molecule has 0 saturated carbocycles. The molecule has 14 heavy (non-hydrogen) atoms. The fraction of sp³-hybridized carbons (Fsp3) is 0.364. The minimum atomic E-state index is 0.102. The Balaban J connectivity index is 2.70. The molecule has 0 aliphatic carbocycles. The number of para-hydroxylation sites is 1. The van der Waals surface area contributed by atoms with E-state index in [0.29, 0.717) is 12.1 Å². The molecule has 1 aromatic carbocycles. The number of nitrogens with zero attached hydrogens (tertiary/aromatic N) is 1. The number of carbonyl (C=O) groups is 1. The number of carbonyl (C=O) groups excluding carboxylic acids is 1. The first-order valence-corrected chi connectivity index (χ1v) is 4.72. The summed E-state index contributed by atoms with van der Waals surface area (Å²) in [7, 11) is 1.79. The van der Waals surface area contributed by atoms with Crippen molar-refractivity contribution in [2.24, 2.45) is 0 Å². The van der Waals surface area contributed by atoms with Gasteiger partial charge in [0.2, 0.25) is 5.91 Å². The van der Waals surface area contributed by atoms with E-state index in [1.807, 2.05) is 31.2 Å². The summed E-state index contributed by atoms with van der Waals surface area (Å²) in [5, 5.41) is 0. The molecule has 76 valence electrons. The molecule has 0 heterocycles. The van der Waals surface area contributed by atoms with Gasteiger partial charge in [0, 0.05) is 19.3 Å². The highest BCUT2D eigenvalue weighted by Crippen LogP contribution is 2.11. The summed E-state index contributed by atoms with van der Waals surface area (Å²) in [6.45, 7) is 2.68. The fourth-order valence-electron chi connectivity index (χ4n) is 1.17. The second-order valence-corrected chi connectivity index (χ2v) is 3.28. The summed E-state index contributed by atoms with van der Waals surface area (Å²) in [6.07, 6.45) is 0.386. The van der Waals surface area contributed by atoms with E-state index in [0.717, 1.165) is 12.1 Å². The first kappa shape index (κ1) is 10.6. The second kappa shape index (κ2) is 4.65. The predicted molar refractivity (Wildman–Crippen MR) is 57.9 cm³/mol. The average molecular weight is 192 g/mol. The minimum absolute atomic E-state index is 0.102. The summed E-state index contributed by atoms with van der Waals surface area (Å²) in [6, 6.07) is 7.46. The van der Waals surface area contributed by atoms with Crippen molar-refractivity contribution in [1.82, 2.24) is 4.90 Å². The topological polar surface area (TPSA) is 46.3 Å². The van der Waals surface area contributed by atoms with Gasteiger partial charge in [-0.05, 0) is 18.6 Å². The third-order valence-electron chi connectivity index (χ3n) is 2.30. The molecule has 3 nitrogen and oxygen atoms in total. The number of likely N-dealkylation sites (N-methyl/N-ethyl adjacent to an activating group) is 1. The summed E-state index contributed by atoms with van der Waals surface area (Å²) in [5.74, 6) is 0.102. The molecule has 1 amide bonds. The van der Waals surface area contributed by atoms with Gasteiger partial charge in [-0.2, -0.15) is 0 Å². The standard InChI is InChI=1S/C11H16N2O/c1-3-13(2)11(14)8-9-6-4-5-7-10(9)12/h4-7H,3,8,12H2,1-2H3. The Morgan fingerprint density at radius 1 is 1.43 bits per heavy atom. The summed E-state index contributed by atoms with van der Waals surface area (Å²) in [4.78, 5) is 13.3. The van der Waals surface area contributed by atoms with Crippen molar-refractivity contribution < 1.29 is 4.79 Å². The van der Waals surface area contributed by atoms with E-state index in [2.05, 4.69) is 0 Å². The van der Waals surface area contributed by atoms with Gasteiger partial charge >= 0.3 is 0 Å². The van der Waals surface area contributed by atoms with Crippen LogP contribution in [0.2, 0.25) is 0 Å². The molecule has 0 spiro atoms. The zero-order chi connectivity index (χ0) is 10.6. The summed E-state index contributed by atoms with van der Waals surface area (Å²) >= 11 is 0. The maximum atomic E-state index is 11.6. The Bertz CT molecular complexity index is 323. The van der Waals surface area contributed by atoms with Crippen molar-refractivity contribution in [2.45, 2.75) is 13.3 Å². The van der Waals surface area contributed by atoms with Gasteiger partial charge in [-0.15, -0.1) is 0 Å². The second-order valence-electron chi connectivity index (χ2n) is 3.28. The van der Waals surface area contributed by atoms with E-state index in [-0.39, 0.29) is 5.91 Å². The van der Waals surface area contributed by atoms with Crippen LogP contribution in [0.1, 0.15) is 12.5 Å². The van der Waals surface area contributed by atoms with Crippen molar-refractivity contribution in [3.05, 3.63) is 29.8 Å². The molecule has 0 bridgehead atoms. The molecule has 0 radical (unpaired) electrons. The maximum Gasteiger partial charge on any atom is 0.226 e. The minimum Gasteiger partial charge on any atom is -0.398 e. The normalized spacial score (nSPS) is 9.86. The zero-order valence-corrected chi connectivity index (χ0v) is 8.66. The molecular weight excluding hydrogens is 176 g/mol. The van der Waals surface area contributed by atoms with Gasteiger partial charge in [0.15, 0.2) is 0 Å².